The summed E-state index contributed by atoms with van der Waals surface area (Å²) in [6.07, 6.45) is 9.13. The van der Waals surface area contributed by atoms with Crippen molar-refractivity contribution in [2.45, 2.75) is 65.2 Å². The molecule has 0 amide bonds. The second-order valence-corrected chi connectivity index (χ2v) is 5.88. The van der Waals surface area contributed by atoms with Gasteiger partial charge in [-0.05, 0) is 32.8 Å². The monoisotopic (exact) mass is 287 g/mol. The van der Waals surface area contributed by atoms with Crippen molar-refractivity contribution in [3.63, 3.8) is 0 Å². The van der Waals surface area contributed by atoms with Crippen LogP contribution in [-0.4, -0.2) is 19.6 Å². The summed E-state index contributed by atoms with van der Waals surface area (Å²) in [6.45, 7) is 6.92. The van der Waals surface area contributed by atoms with E-state index in [0.29, 0.717) is 6.04 Å². The molecule has 3 rings (SSSR count). The van der Waals surface area contributed by atoms with Crippen LogP contribution in [0.3, 0.4) is 0 Å². The minimum atomic E-state index is 0.612. The molecular weight excluding hydrogens is 262 g/mol. The maximum atomic E-state index is 4.52. The number of aryl methyl sites for hydroxylation is 1. The minimum absolute atomic E-state index is 0.612. The highest BCUT2D eigenvalue weighted by molar-refractivity contribution is 5.16. The van der Waals surface area contributed by atoms with E-state index in [1.165, 1.54) is 42.6 Å². The van der Waals surface area contributed by atoms with Crippen LogP contribution in [0, 0.1) is 6.92 Å². The van der Waals surface area contributed by atoms with Crippen LogP contribution in [0.1, 0.15) is 55.6 Å². The average Bonchev–Trinajstić information content (AvgIpc) is 3.20. The summed E-state index contributed by atoms with van der Waals surface area (Å²) in [5.74, 6) is 0. The lowest BCUT2D eigenvalue weighted by molar-refractivity contribution is 0.442. The predicted molar refractivity (Wildman–Crippen MR) is 82.9 cm³/mol. The molecule has 0 radical (unpaired) electrons. The Morgan fingerprint density at radius 3 is 2.76 bits per heavy atom. The van der Waals surface area contributed by atoms with E-state index in [0.717, 1.165) is 19.6 Å². The zero-order chi connectivity index (χ0) is 14.7. The molecule has 5 heteroatoms. The summed E-state index contributed by atoms with van der Waals surface area (Å²) in [5.41, 5.74) is 3.83. The van der Waals surface area contributed by atoms with E-state index >= 15 is 0 Å². The summed E-state index contributed by atoms with van der Waals surface area (Å²) in [7, 11) is 0. The van der Waals surface area contributed by atoms with Crippen molar-refractivity contribution in [3.05, 3.63) is 35.4 Å². The first-order chi connectivity index (χ1) is 10.3. The highest BCUT2D eigenvalue weighted by atomic mass is 15.3. The number of hydrogen-bond donors (Lipinski definition) is 1. The summed E-state index contributed by atoms with van der Waals surface area (Å²) in [4.78, 5) is 0. The van der Waals surface area contributed by atoms with Crippen LogP contribution in [0.2, 0.25) is 0 Å². The van der Waals surface area contributed by atoms with E-state index in [-0.39, 0.29) is 0 Å². The Balaban J connectivity index is 1.58. The van der Waals surface area contributed by atoms with Gasteiger partial charge in [-0.2, -0.15) is 10.2 Å². The average molecular weight is 287 g/mol. The van der Waals surface area contributed by atoms with Gasteiger partial charge in [-0.1, -0.05) is 12.8 Å². The van der Waals surface area contributed by atoms with Crippen molar-refractivity contribution in [2.75, 3.05) is 0 Å². The van der Waals surface area contributed by atoms with E-state index in [4.69, 9.17) is 0 Å². The van der Waals surface area contributed by atoms with E-state index in [1.54, 1.807) is 0 Å². The van der Waals surface area contributed by atoms with Crippen LogP contribution < -0.4 is 5.32 Å². The molecule has 2 aromatic heterocycles. The molecule has 2 aromatic rings. The zero-order valence-corrected chi connectivity index (χ0v) is 13.0. The summed E-state index contributed by atoms with van der Waals surface area (Å²) in [6, 6.07) is 2.74. The maximum absolute atomic E-state index is 4.52. The maximum Gasteiger partial charge on any atom is 0.0537 e. The van der Waals surface area contributed by atoms with Crippen LogP contribution in [0.15, 0.2) is 18.5 Å². The second-order valence-electron chi connectivity index (χ2n) is 5.88. The predicted octanol–water partition coefficient (Wildman–Crippen LogP) is 2.81. The van der Waals surface area contributed by atoms with Crippen LogP contribution in [0.4, 0.5) is 0 Å². The smallest absolute Gasteiger partial charge is 0.0537 e. The first-order valence-corrected chi connectivity index (χ1v) is 8.04. The molecule has 1 saturated carbocycles. The Kier molecular flexibility index (Phi) is 4.39. The molecule has 0 bridgehead atoms. The fourth-order valence-electron chi connectivity index (χ4n) is 3.26. The van der Waals surface area contributed by atoms with Crippen LogP contribution in [-0.2, 0) is 19.6 Å². The molecule has 21 heavy (non-hydrogen) atoms. The van der Waals surface area contributed by atoms with E-state index in [1.807, 2.05) is 17.1 Å². The van der Waals surface area contributed by atoms with Gasteiger partial charge in [-0.15, -0.1) is 0 Å². The standard InChI is InChI=1S/C16H25N5/c1-3-20-13(2)14(11-19-20)10-17-12-16-8-9-18-21(16)15-6-4-5-7-15/h8-9,11,15,17H,3-7,10,12H2,1-2H3. The quantitative estimate of drug-likeness (QED) is 0.888. The third-order valence-electron chi connectivity index (χ3n) is 4.55. The molecule has 1 fully saturated rings. The minimum Gasteiger partial charge on any atom is -0.307 e. The molecule has 0 saturated heterocycles. The molecule has 0 aromatic carbocycles. The number of aromatic nitrogens is 4. The van der Waals surface area contributed by atoms with Crippen LogP contribution in [0.5, 0.6) is 0 Å². The molecule has 1 aliphatic rings. The van der Waals surface area contributed by atoms with Crippen molar-refractivity contribution in [1.29, 1.82) is 0 Å². The van der Waals surface area contributed by atoms with Gasteiger partial charge in [-0.3, -0.25) is 9.36 Å². The fourth-order valence-corrected chi connectivity index (χ4v) is 3.26. The van der Waals surface area contributed by atoms with E-state index in [2.05, 4.69) is 40.1 Å². The Hall–Kier alpha value is -1.62. The molecule has 114 valence electrons. The second kappa shape index (κ2) is 6.43. The Labute approximate surface area is 126 Å². The third-order valence-corrected chi connectivity index (χ3v) is 4.55. The number of nitrogens with zero attached hydrogens (tertiary/aromatic N) is 4. The van der Waals surface area contributed by atoms with Crippen molar-refractivity contribution < 1.29 is 0 Å². The lowest BCUT2D eigenvalue weighted by Gasteiger charge is -2.14. The van der Waals surface area contributed by atoms with E-state index < -0.39 is 0 Å². The zero-order valence-electron chi connectivity index (χ0n) is 13.0. The van der Waals surface area contributed by atoms with Gasteiger partial charge in [0, 0.05) is 37.1 Å². The molecule has 0 spiro atoms. The fraction of sp³-hybridized carbons (Fsp3) is 0.625. The summed E-state index contributed by atoms with van der Waals surface area (Å²) < 4.78 is 4.27. The van der Waals surface area contributed by atoms with Gasteiger partial charge in [0.15, 0.2) is 0 Å². The van der Waals surface area contributed by atoms with Gasteiger partial charge in [0.05, 0.1) is 17.9 Å². The Morgan fingerprint density at radius 1 is 1.24 bits per heavy atom. The first-order valence-electron chi connectivity index (χ1n) is 8.04. The lowest BCUT2D eigenvalue weighted by Crippen LogP contribution is -2.18. The van der Waals surface area contributed by atoms with Crippen molar-refractivity contribution in [2.24, 2.45) is 0 Å². The third kappa shape index (κ3) is 3.02. The normalized spacial score (nSPS) is 15.9. The van der Waals surface area contributed by atoms with Gasteiger partial charge >= 0.3 is 0 Å². The lowest BCUT2D eigenvalue weighted by atomic mass is 10.2. The number of hydrogen-bond acceptors (Lipinski definition) is 3. The molecule has 2 heterocycles. The highest BCUT2D eigenvalue weighted by Crippen LogP contribution is 2.29. The van der Waals surface area contributed by atoms with Crippen molar-refractivity contribution >= 4 is 0 Å². The summed E-state index contributed by atoms with van der Waals surface area (Å²) in [5, 5.41) is 12.4. The molecule has 5 nitrogen and oxygen atoms in total. The van der Waals surface area contributed by atoms with Gasteiger partial charge in [0.1, 0.15) is 0 Å². The van der Waals surface area contributed by atoms with Gasteiger partial charge in [0.2, 0.25) is 0 Å². The Morgan fingerprint density at radius 2 is 2.05 bits per heavy atom. The number of rotatable bonds is 6. The highest BCUT2D eigenvalue weighted by Gasteiger charge is 2.19. The van der Waals surface area contributed by atoms with Crippen molar-refractivity contribution in [3.8, 4) is 0 Å². The van der Waals surface area contributed by atoms with Crippen LogP contribution >= 0.6 is 0 Å². The molecule has 1 aliphatic carbocycles. The molecule has 0 unspecified atom stereocenters. The van der Waals surface area contributed by atoms with Crippen LogP contribution in [0.25, 0.3) is 0 Å². The van der Waals surface area contributed by atoms with E-state index in [9.17, 15) is 0 Å². The largest absolute Gasteiger partial charge is 0.307 e. The topological polar surface area (TPSA) is 47.7 Å². The van der Waals surface area contributed by atoms with Gasteiger partial charge in [0.25, 0.3) is 0 Å². The van der Waals surface area contributed by atoms with Crippen molar-refractivity contribution in [1.82, 2.24) is 24.9 Å². The summed E-state index contributed by atoms with van der Waals surface area (Å²) >= 11 is 0. The SMILES string of the molecule is CCn1ncc(CNCc2ccnn2C2CCCC2)c1C. The molecule has 1 N–H and O–H groups in total. The Bertz CT molecular complexity index is 577. The van der Waals surface area contributed by atoms with Gasteiger partial charge < -0.3 is 5.32 Å². The van der Waals surface area contributed by atoms with Gasteiger partial charge in [-0.25, -0.2) is 0 Å². The molecule has 0 aliphatic heterocycles. The first kappa shape index (κ1) is 14.3. The number of nitrogens with one attached hydrogen (secondary N) is 1. The molecule has 0 atom stereocenters. The molecular formula is C16H25N5.